The number of aromatic nitrogens is 2. The maximum absolute atomic E-state index is 13.2. The second-order valence-corrected chi connectivity index (χ2v) is 5.20. The highest BCUT2D eigenvalue weighted by molar-refractivity contribution is 7.05. The van der Waals surface area contributed by atoms with Crippen LogP contribution in [0.3, 0.4) is 0 Å². The van der Waals surface area contributed by atoms with E-state index >= 15 is 0 Å². The number of hydrogen-bond acceptors (Lipinski definition) is 3. The molecule has 1 heterocycles. The van der Waals surface area contributed by atoms with E-state index in [2.05, 4.69) is 23.2 Å². The first-order chi connectivity index (χ1) is 8.65. The number of rotatable bonds is 4. The van der Waals surface area contributed by atoms with Crippen LogP contribution in [0.5, 0.6) is 0 Å². The highest BCUT2D eigenvalue weighted by Gasteiger charge is 2.13. The Morgan fingerprint density at radius 2 is 2.11 bits per heavy atom. The third-order valence-electron chi connectivity index (χ3n) is 3.16. The average Bonchev–Trinajstić information content (AvgIpc) is 2.87. The van der Waals surface area contributed by atoms with E-state index in [9.17, 15) is 4.39 Å². The van der Waals surface area contributed by atoms with E-state index in [0.717, 1.165) is 34.8 Å². The molecule has 2 nitrogen and oxygen atoms in total. The molecule has 0 saturated carbocycles. The lowest BCUT2D eigenvalue weighted by molar-refractivity contribution is 0.626. The Kier molecular flexibility index (Phi) is 4.07. The highest BCUT2D eigenvalue weighted by atomic mass is 32.1. The summed E-state index contributed by atoms with van der Waals surface area (Å²) >= 11 is 1.45. The van der Waals surface area contributed by atoms with E-state index in [1.54, 1.807) is 12.1 Å². The molecule has 0 aliphatic carbocycles. The fourth-order valence-electron chi connectivity index (χ4n) is 1.79. The van der Waals surface area contributed by atoms with Crippen molar-refractivity contribution in [2.45, 2.75) is 39.5 Å². The summed E-state index contributed by atoms with van der Waals surface area (Å²) in [6, 6.07) is 4.81. The van der Waals surface area contributed by atoms with Gasteiger partial charge in [-0.3, -0.25) is 0 Å². The molecule has 1 aromatic heterocycles. The SMILES string of the molecule is CCc1cc(F)ccc1-c1nsc(C(C)CC)n1. The zero-order chi connectivity index (χ0) is 13.1. The van der Waals surface area contributed by atoms with E-state index in [4.69, 9.17) is 0 Å². The summed E-state index contributed by atoms with van der Waals surface area (Å²) in [7, 11) is 0. The van der Waals surface area contributed by atoms with Crippen LogP contribution in [0.25, 0.3) is 11.4 Å². The van der Waals surface area contributed by atoms with Crippen molar-refractivity contribution < 1.29 is 4.39 Å². The van der Waals surface area contributed by atoms with Gasteiger partial charge >= 0.3 is 0 Å². The maximum Gasteiger partial charge on any atom is 0.173 e. The third-order valence-corrected chi connectivity index (χ3v) is 4.11. The van der Waals surface area contributed by atoms with Gasteiger partial charge in [0.2, 0.25) is 0 Å². The van der Waals surface area contributed by atoms with Crippen LogP contribution in [-0.4, -0.2) is 9.36 Å². The van der Waals surface area contributed by atoms with Gasteiger partial charge in [0.05, 0.1) is 0 Å². The van der Waals surface area contributed by atoms with Crippen molar-refractivity contribution in [3.8, 4) is 11.4 Å². The minimum Gasteiger partial charge on any atom is -0.219 e. The normalized spacial score (nSPS) is 12.7. The van der Waals surface area contributed by atoms with Gasteiger partial charge in [0.25, 0.3) is 0 Å². The van der Waals surface area contributed by atoms with Crippen molar-refractivity contribution in [1.29, 1.82) is 0 Å². The van der Waals surface area contributed by atoms with Crippen LogP contribution in [0.1, 0.15) is 43.7 Å². The number of nitrogens with zero attached hydrogens (tertiary/aromatic N) is 2. The summed E-state index contributed by atoms with van der Waals surface area (Å²) in [6.07, 6.45) is 1.84. The van der Waals surface area contributed by atoms with Crippen LogP contribution in [0, 0.1) is 5.82 Å². The van der Waals surface area contributed by atoms with Crippen molar-refractivity contribution >= 4 is 11.5 Å². The van der Waals surface area contributed by atoms with Crippen LogP contribution in [0.15, 0.2) is 18.2 Å². The maximum atomic E-state index is 13.2. The van der Waals surface area contributed by atoms with Gasteiger partial charge in [-0.1, -0.05) is 20.8 Å². The van der Waals surface area contributed by atoms with E-state index in [-0.39, 0.29) is 5.82 Å². The molecular formula is C14H17FN2S. The molecule has 2 aromatic rings. The van der Waals surface area contributed by atoms with Crippen molar-refractivity contribution in [3.05, 3.63) is 34.6 Å². The summed E-state index contributed by atoms with van der Waals surface area (Å²) in [6.45, 7) is 6.30. The number of aryl methyl sites for hydroxylation is 1. The zero-order valence-corrected chi connectivity index (χ0v) is 11.7. The summed E-state index contributed by atoms with van der Waals surface area (Å²) in [5, 5.41) is 1.05. The molecule has 0 fully saturated rings. The van der Waals surface area contributed by atoms with Crippen molar-refractivity contribution in [1.82, 2.24) is 9.36 Å². The summed E-state index contributed by atoms with van der Waals surface area (Å²) in [4.78, 5) is 4.57. The quantitative estimate of drug-likeness (QED) is 0.817. The van der Waals surface area contributed by atoms with Gasteiger partial charge in [-0.15, -0.1) is 0 Å². The van der Waals surface area contributed by atoms with Crippen molar-refractivity contribution in [2.24, 2.45) is 0 Å². The Balaban J connectivity index is 2.39. The molecule has 1 aromatic carbocycles. The third kappa shape index (κ3) is 2.58. The smallest absolute Gasteiger partial charge is 0.173 e. The molecule has 0 bridgehead atoms. The van der Waals surface area contributed by atoms with E-state index in [1.807, 2.05) is 6.92 Å². The first-order valence-electron chi connectivity index (χ1n) is 6.28. The van der Waals surface area contributed by atoms with Gasteiger partial charge in [0.15, 0.2) is 5.82 Å². The molecule has 96 valence electrons. The molecule has 2 rings (SSSR count). The Hall–Kier alpha value is -1.29. The van der Waals surface area contributed by atoms with Crippen LogP contribution >= 0.6 is 11.5 Å². The lowest BCUT2D eigenvalue weighted by Gasteiger charge is -2.04. The first kappa shape index (κ1) is 13.1. The molecule has 1 unspecified atom stereocenters. The summed E-state index contributed by atoms with van der Waals surface area (Å²) < 4.78 is 17.6. The lowest BCUT2D eigenvalue weighted by Crippen LogP contribution is -1.93. The molecule has 0 N–H and O–H groups in total. The monoisotopic (exact) mass is 264 g/mol. The molecule has 0 aliphatic heterocycles. The molecule has 0 amide bonds. The van der Waals surface area contributed by atoms with E-state index in [0.29, 0.717) is 5.92 Å². The van der Waals surface area contributed by atoms with Gasteiger partial charge in [-0.05, 0) is 48.1 Å². The molecule has 18 heavy (non-hydrogen) atoms. The van der Waals surface area contributed by atoms with E-state index < -0.39 is 0 Å². The van der Waals surface area contributed by atoms with Crippen molar-refractivity contribution in [2.75, 3.05) is 0 Å². The van der Waals surface area contributed by atoms with Crippen LogP contribution in [0.2, 0.25) is 0 Å². The van der Waals surface area contributed by atoms with Gasteiger partial charge in [-0.25, -0.2) is 9.37 Å². The fraction of sp³-hybridized carbons (Fsp3) is 0.429. The topological polar surface area (TPSA) is 25.8 Å². The fourth-order valence-corrected chi connectivity index (χ4v) is 2.59. The average molecular weight is 264 g/mol. The van der Waals surface area contributed by atoms with Gasteiger partial charge < -0.3 is 0 Å². The van der Waals surface area contributed by atoms with Crippen molar-refractivity contribution in [3.63, 3.8) is 0 Å². The zero-order valence-electron chi connectivity index (χ0n) is 10.9. The number of halogens is 1. The molecule has 0 radical (unpaired) electrons. The van der Waals surface area contributed by atoms with E-state index in [1.165, 1.54) is 17.6 Å². The molecule has 0 spiro atoms. The largest absolute Gasteiger partial charge is 0.219 e. The highest BCUT2D eigenvalue weighted by Crippen LogP contribution is 2.27. The second kappa shape index (κ2) is 5.57. The molecule has 0 saturated heterocycles. The minimum atomic E-state index is -0.201. The Morgan fingerprint density at radius 1 is 1.33 bits per heavy atom. The Labute approximate surface area is 111 Å². The number of hydrogen-bond donors (Lipinski definition) is 0. The molecule has 0 aliphatic rings. The predicted molar refractivity (Wildman–Crippen MR) is 73.4 cm³/mol. The minimum absolute atomic E-state index is 0.201. The summed E-state index contributed by atoms with van der Waals surface area (Å²) in [5.41, 5.74) is 1.91. The second-order valence-electron chi connectivity index (χ2n) is 4.42. The van der Waals surface area contributed by atoms with Gasteiger partial charge in [0.1, 0.15) is 10.8 Å². The predicted octanol–water partition coefficient (Wildman–Crippen LogP) is 4.42. The Bertz CT molecular complexity index is 536. The van der Waals surface area contributed by atoms with Gasteiger partial charge in [-0.2, -0.15) is 4.37 Å². The molecule has 4 heteroatoms. The Morgan fingerprint density at radius 3 is 2.78 bits per heavy atom. The standard InChI is InChI=1S/C14H17FN2S/c1-4-9(3)14-16-13(17-18-14)12-7-6-11(15)8-10(12)5-2/h6-9H,4-5H2,1-3H3. The lowest BCUT2D eigenvalue weighted by atomic mass is 10.0. The summed E-state index contributed by atoms with van der Waals surface area (Å²) in [5.74, 6) is 0.960. The van der Waals surface area contributed by atoms with Crippen LogP contribution in [-0.2, 0) is 6.42 Å². The molecular weight excluding hydrogens is 247 g/mol. The van der Waals surface area contributed by atoms with Crippen LogP contribution in [0.4, 0.5) is 4.39 Å². The van der Waals surface area contributed by atoms with Gasteiger partial charge in [0, 0.05) is 11.5 Å². The number of benzene rings is 1. The first-order valence-corrected chi connectivity index (χ1v) is 7.05. The van der Waals surface area contributed by atoms with Crippen LogP contribution < -0.4 is 0 Å². The molecule has 1 atom stereocenters.